The quantitative estimate of drug-likeness (QED) is 0.495. The summed E-state index contributed by atoms with van der Waals surface area (Å²) in [6.45, 7) is 0.491. The van der Waals surface area contributed by atoms with E-state index in [1.165, 1.54) is 0 Å². The Balaban J connectivity index is 1.32. The fourth-order valence-electron chi connectivity index (χ4n) is 3.94. The summed E-state index contributed by atoms with van der Waals surface area (Å²) in [6, 6.07) is 21.9. The van der Waals surface area contributed by atoms with Gasteiger partial charge in [-0.2, -0.15) is 0 Å². The number of hydrogen-bond donors (Lipinski definition) is 1. The Bertz CT molecular complexity index is 1330. The standard InChI is InChI=1S/C25H20ClN5O2/c26-20-6-2-1-5-18(20)15-24(32)28-19-11-9-17(10-12-19)25(33)30-14-13-23-29-27-16-31(23)22-8-4-3-7-21(22)30/h1-12,16H,13-15H2,(H,28,32). The van der Waals surface area contributed by atoms with Gasteiger partial charge in [0.25, 0.3) is 5.91 Å². The lowest BCUT2D eigenvalue weighted by Gasteiger charge is -2.23. The summed E-state index contributed by atoms with van der Waals surface area (Å²) in [5.41, 5.74) is 3.58. The van der Waals surface area contributed by atoms with Crippen molar-refractivity contribution in [3.05, 3.63) is 101 Å². The summed E-state index contributed by atoms with van der Waals surface area (Å²) in [7, 11) is 0. The van der Waals surface area contributed by atoms with Crippen LogP contribution in [-0.4, -0.2) is 33.1 Å². The fourth-order valence-corrected chi connectivity index (χ4v) is 4.14. The zero-order chi connectivity index (χ0) is 22.8. The maximum Gasteiger partial charge on any atom is 0.258 e. The number of halogens is 1. The predicted octanol–water partition coefficient (Wildman–Crippen LogP) is 4.30. The van der Waals surface area contributed by atoms with Crippen molar-refractivity contribution < 1.29 is 9.59 Å². The number of amides is 2. The largest absolute Gasteiger partial charge is 0.326 e. The minimum absolute atomic E-state index is 0.116. The van der Waals surface area contributed by atoms with Gasteiger partial charge >= 0.3 is 0 Å². The van der Waals surface area contributed by atoms with Crippen LogP contribution in [0.5, 0.6) is 0 Å². The average molecular weight is 458 g/mol. The number of rotatable bonds is 4. The van der Waals surface area contributed by atoms with Crippen LogP contribution in [0.15, 0.2) is 79.1 Å². The zero-order valence-electron chi connectivity index (χ0n) is 17.6. The molecule has 33 heavy (non-hydrogen) atoms. The molecule has 3 aromatic carbocycles. The van der Waals surface area contributed by atoms with E-state index in [0.717, 1.165) is 22.8 Å². The van der Waals surface area contributed by atoms with Gasteiger partial charge in [-0.3, -0.25) is 14.2 Å². The van der Waals surface area contributed by atoms with Crippen LogP contribution in [-0.2, 0) is 17.6 Å². The lowest BCUT2D eigenvalue weighted by molar-refractivity contribution is -0.115. The van der Waals surface area contributed by atoms with Gasteiger partial charge in [0.15, 0.2) is 0 Å². The third kappa shape index (κ3) is 4.23. The molecule has 0 saturated carbocycles. The molecule has 1 aliphatic heterocycles. The van der Waals surface area contributed by atoms with E-state index in [0.29, 0.717) is 29.2 Å². The predicted molar refractivity (Wildman–Crippen MR) is 127 cm³/mol. The molecule has 0 bridgehead atoms. The maximum absolute atomic E-state index is 13.4. The van der Waals surface area contributed by atoms with E-state index in [-0.39, 0.29) is 18.2 Å². The molecule has 0 atom stereocenters. The average Bonchev–Trinajstić information content (AvgIpc) is 3.24. The number of carbonyl (C=O) groups is 2. The molecular formula is C25H20ClN5O2. The molecule has 0 unspecified atom stereocenters. The molecule has 0 spiro atoms. The summed E-state index contributed by atoms with van der Waals surface area (Å²) in [5.74, 6) is 0.524. The van der Waals surface area contributed by atoms with Gasteiger partial charge in [-0.1, -0.05) is 41.9 Å². The van der Waals surface area contributed by atoms with Gasteiger partial charge in [0.05, 0.1) is 17.8 Å². The minimum atomic E-state index is -0.174. The second-order valence-corrected chi connectivity index (χ2v) is 8.11. The van der Waals surface area contributed by atoms with E-state index in [9.17, 15) is 9.59 Å². The molecule has 0 aliphatic carbocycles. The summed E-state index contributed by atoms with van der Waals surface area (Å²) in [4.78, 5) is 27.5. The van der Waals surface area contributed by atoms with Crippen molar-refractivity contribution in [1.29, 1.82) is 0 Å². The van der Waals surface area contributed by atoms with Crippen LogP contribution in [0.3, 0.4) is 0 Å². The maximum atomic E-state index is 13.4. The first-order chi connectivity index (χ1) is 16.1. The number of aromatic nitrogens is 3. The second-order valence-electron chi connectivity index (χ2n) is 7.71. The van der Waals surface area contributed by atoms with E-state index in [2.05, 4.69) is 15.5 Å². The summed E-state index contributed by atoms with van der Waals surface area (Å²) < 4.78 is 1.92. The van der Waals surface area contributed by atoms with E-state index < -0.39 is 0 Å². The first-order valence-electron chi connectivity index (χ1n) is 10.5. The molecule has 1 aromatic heterocycles. The molecule has 0 saturated heterocycles. The molecule has 164 valence electrons. The first-order valence-corrected chi connectivity index (χ1v) is 10.9. The van der Waals surface area contributed by atoms with Crippen LogP contribution in [0.1, 0.15) is 21.7 Å². The molecule has 0 fully saturated rings. The van der Waals surface area contributed by atoms with Crippen molar-refractivity contribution in [3.63, 3.8) is 0 Å². The minimum Gasteiger partial charge on any atom is -0.326 e. The highest BCUT2D eigenvalue weighted by atomic mass is 35.5. The van der Waals surface area contributed by atoms with E-state index in [1.807, 2.05) is 47.0 Å². The Morgan fingerprint density at radius 2 is 1.67 bits per heavy atom. The molecule has 2 heterocycles. The Kier molecular flexibility index (Phi) is 5.62. The molecule has 1 N–H and O–H groups in total. The summed E-state index contributed by atoms with van der Waals surface area (Å²) in [5, 5.41) is 11.6. The zero-order valence-corrected chi connectivity index (χ0v) is 18.4. The molecule has 0 radical (unpaired) electrons. The van der Waals surface area contributed by atoms with Crippen LogP contribution < -0.4 is 10.2 Å². The third-order valence-corrected chi connectivity index (χ3v) is 5.95. The number of nitrogens with one attached hydrogen (secondary N) is 1. The second kappa shape index (κ2) is 8.88. The van der Waals surface area contributed by atoms with Crippen molar-refractivity contribution >= 4 is 34.8 Å². The van der Waals surface area contributed by atoms with Crippen molar-refractivity contribution in [2.75, 3.05) is 16.8 Å². The highest BCUT2D eigenvalue weighted by Crippen LogP contribution is 2.29. The Labute approximate surface area is 195 Å². The fraction of sp³-hybridized carbons (Fsp3) is 0.120. The van der Waals surface area contributed by atoms with Crippen LogP contribution in [0.25, 0.3) is 5.69 Å². The smallest absolute Gasteiger partial charge is 0.258 e. The number of para-hydroxylation sites is 2. The number of nitrogens with zero attached hydrogens (tertiary/aromatic N) is 4. The van der Waals surface area contributed by atoms with Crippen molar-refractivity contribution in [1.82, 2.24) is 14.8 Å². The van der Waals surface area contributed by atoms with Gasteiger partial charge in [0.1, 0.15) is 12.2 Å². The number of fused-ring (bicyclic) bond motifs is 3. The monoisotopic (exact) mass is 457 g/mol. The normalized spacial score (nSPS) is 12.5. The summed E-state index contributed by atoms with van der Waals surface area (Å²) in [6.07, 6.45) is 2.44. The molecule has 2 amide bonds. The SMILES string of the molecule is O=C(Cc1ccccc1Cl)Nc1ccc(C(=O)N2CCc3nncn3-c3ccccc32)cc1. The summed E-state index contributed by atoms with van der Waals surface area (Å²) >= 11 is 6.14. The van der Waals surface area contributed by atoms with Crippen LogP contribution >= 0.6 is 11.6 Å². The van der Waals surface area contributed by atoms with Gasteiger partial charge in [0, 0.05) is 29.2 Å². The van der Waals surface area contributed by atoms with Crippen molar-refractivity contribution in [2.45, 2.75) is 12.8 Å². The van der Waals surface area contributed by atoms with E-state index in [1.54, 1.807) is 41.6 Å². The molecule has 5 rings (SSSR count). The molecule has 4 aromatic rings. The van der Waals surface area contributed by atoms with E-state index in [4.69, 9.17) is 11.6 Å². The number of carbonyl (C=O) groups excluding carboxylic acids is 2. The van der Waals surface area contributed by atoms with Gasteiger partial charge < -0.3 is 10.2 Å². The van der Waals surface area contributed by atoms with Crippen LogP contribution in [0.2, 0.25) is 5.02 Å². The molecule has 1 aliphatic rings. The van der Waals surface area contributed by atoms with Gasteiger partial charge in [0.2, 0.25) is 5.91 Å². The number of hydrogen-bond acceptors (Lipinski definition) is 4. The first kappa shape index (κ1) is 20.9. The van der Waals surface area contributed by atoms with Crippen LogP contribution in [0.4, 0.5) is 11.4 Å². The highest BCUT2D eigenvalue weighted by molar-refractivity contribution is 6.31. The lowest BCUT2D eigenvalue weighted by Crippen LogP contribution is -2.32. The lowest BCUT2D eigenvalue weighted by atomic mass is 10.1. The van der Waals surface area contributed by atoms with Gasteiger partial charge in [-0.25, -0.2) is 0 Å². The molecular weight excluding hydrogens is 438 g/mol. The highest BCUT2D eigenvalue weighted by Gasteiger charge is 2.25. The van der Waals surface area contributed by atoms with Crippen LogP contribution in [0, 0.1) is 0 Å². The van der Waals surface area contributed by atoms with Gasteiger partial charge in [-0.05, 0) is 48.0 Å². The number of benzene rings is 3. The van der Waals surface area contributed by atoms with Crippen molar-refractivity contribution in [2.24, 2.45) is 0 Å². The van der Waals surface area contributed by atoms with Gasteiger partial charge in [-0.15, -0.1) is 10.2 Å². The topological polar surface area (TPSA) is 80.1 Å². The Morgan fingerprint density at radius 3 is 2.45 bits per heavy atom. The van der Waals surface area contributed by atoms with E-state index >= 15 is 0 Å². The Morgan fingerprint density at radius 1 is 0.939 bits per heavy atom. The molecule has 7 nitrogen and oxygen atoms in total. The Hall–Kier alpha value is -3.97. The number of anilines is 2. The third-order valence-electron chi connectivity index (χ3n) is 5.58. The van der Waals surface area contributed by atoms with Crippen molar-refractivity contribution in [3.8, 4) is 5.69 Å². The molecule has 8 heteroatoms.